The van der Waals surface area contributed by atoms with Gasteiger partial charge >= 0.3 is 0 Å². The molecule has 0 aliphatic rings. The third kappa shape index (κ3) is 2.90. The van der Waals surface area contributed by atoms with Crippen LogP contribution in [0.25, 0.3) is 0 Å². The molecule has 0 saturated heterocycles. The monoisotopic (exact) mass is 268 g/mol. The van der Waals surface area contributed by atoms with E-state index in [1.54, 1.807) is 18.4 Å². The molecule has 1 N–H and O–H groups in total. The molecule has 90 valence electrons. The summed E-state index contributed by atoms with van der Waals surface area (Å²) >= 11 is 7.75. The Kier molecular flexibility index (Phi) is 3.86. The Morgan fingerprint density at radius 1 is 1.47 bits per heavy atom. The normalized spacial score (nSPS) is 12.2. The lowest BCUT2D eigenvalue weighted by molar-refractivity contribution is 0.415. The van der Waals surface area contributed by atoms with E-state index in [9.17, 15) is 0 Å². The Morgan fingerprint density at radius 3 is 2.94 bits per heavy atom. The molecule has 0 spiro atoms. The summed E-state index contributed by atoms with van der Waals surface area (Å²) in [5, 5.41) is 4.03. The molecule has 0 amide bonds. The molecule has 1 heterocycles. The molecule has 0 bridgehead atoms. The molecule has 0 aliphatic heterocycles. The summed E-state index contributed by atoms with van der Waals surface area (Å²) in [5.41, 5.74) is 2.69. The van der Waals surface area contributed by atoms with E-state index >= 15 is 0 Å². The highest BCUT2D eigenvalue weighted by Gasteiger charge is 2.09. The van der Waals surface area contributed by atoms with Gasteiger partial charge in [0.25, 0.3) is 0 Å². The number of hydrogen-bond donors (Lipinski definition) is 1. The highest BCUT2D eigenvalue weighted by molar-refractivity contribution is 7.09. The second kappa shape index (κ2) is 5.38. The fraction of sp³-hybridized carbons (Fsp3) is 0.250. The summed E-state index contributed by atoms with van der Waals surface area (Å²) in [6.07, 6.45) is 1.86. The molecule has 1 unspecified atom stereocenters. The molecule has 5 heteroatoms. The van der Waals surface area contributed by atoms with Gasteiger partial charge in [0.2, 0.25) is 0 Å². The van der Waals surface area contributed by atoms with Crippen molar-refractivity contribution in [3.63, 3.8) is 0 Å². The van der Waals surface area contributed by atoms with Gasteiger partial charge in [0, 0.05) is 17.1 Å². The number of benzene rings is 1. The number of halogens is 1. The van der Waals surface area contributed by atoms with Crippen LogP contribution in [0.1, 0.15) is 17.8 Å². The average Bonchev–Trinajstić information content (AvgIpc) is 2.85. The molecule has 1 atom stereocenters. The first-order chi connectivity index (χ1) is 8.20. The first kappa shape index (κ1) is 12.2. The second-order valence-corrected chi connectivity index (χ2v) is 4.94. The number of hydrogen-bond acceptors (Lipinski definition) is 4. The molecule has 17 heavy (non-hydrogen) atoms. The lowest BCUT2D eigenvalue weighted by Crippen LogP contribution is -2.05. The van der Waals surface area contributed by atoms with Gasteiger partial charge in [-0.25, -0.2) is 0 Å². The average molecular weight is 269 g/mol. The van der Waals surface area contributed by atoms with Crippen molar-refractivity contribution in [1.82, 2.24) is 4.98 Å². The maximum absolute atomic E-state index is 6.13. The van der Waals surface area contributed by atoms with E-state index in [1.807, 2.05) is 29.9 Å². The van der Waals surface area contributed by atoms with Crippen molar-refractivity contribution in [3.8, 4) is 5.75 Å². The fourth-order valence-corrected chi connectivity index (χ4v) is 2.29. The number of thiazole rings is 1. The Bertz CT molecular complexity index is 487. The molecule has 0 saturated carbocycles. The summed E-state index contributed by atoms with van der Waals surface area (Å²) in [7, 11) is 1.64. The van der Waals surface area contributed by atoms with E-state index in [4.69, 9.17) is 16.3 Å². The number of nitrogens with zero attached hydrogens (tertiary/aromatic N) is 1. The number of aromatic nitrogens is 1. The van der Waals surface area contributed by atoms with Gasteiger partial charge < -0.3 is 10.1 Å². The predicted molar refractivity (Wildman–Crippen MR) is 72.2 cm³/mol. The van der Waals surface area contributed by atoms with Gasteiger partial charge in [0.05, 0.1) is 29.4 Å². The number of anilines is 1. The van der Waals surface area contributed by atoms with Crippen molar-refractivity contribution in [2.75, 3.05) is 12.4 Å². The standard InChI is InChI=1S/C12H13ClN2OS/c1-8(12-6-14-7-17-12)15-11-5-9(16-2)3-4-10(11)13/h3-8,15H,1-2H3. The topological polar surface area (TPSA) is 34.1 Å². The summed E-state index contributed by atoms with van der Waals surface area (Å²) in [5.74, 6) is 0.786. The Labute approximate surface area is 109 Å². The van der Waals surface area contributed by atoms with Gasteiger partial charge in [-0.3, -0.25) is 4.98 Å². The van der Waals surface area contributed by atoms with Crippen LogP contribution >= 0.6 is 22.9 Å². The zero-order chi connectivity index (χ0) is 12.3. The molecule has 1 aromatic heterocycles. The van der Waals surface area contributed by atoms with Crippen LogP contribution in [0.5, 0.6) is 5.75 Å². The smallest absolute Gasteiger partial charge is 0.121 e. The minimum atomic E-state index is 0.173. The molecular weight excluding hydrogens is 256 g/mol. The Hall–Kier alpha value is -1.26. The van der Waals surface area contributed by atoms with Gasteiger partial charge in [-0.15, -0.1) is 11.3 Å². The Balaban J connectivity index is 2.18. The molecular formula is C12H13ClN2OS. The van der Waals surface area contributed by atoms with Crippen LogP contribution in [-0.4, -0.2) is 12.1 Å². The maximum Gasteiger partial charge on any atom is 0.121 e. The van der Waals surface area contributed by atoms with Crippen LogP contribution in [0, 0.1) is 0 Å². The zero-order valence-electron chi connectivity index (χ0n) is 9.61. The van der Waals surface area contributed by atoms with Gasteiger partial charge in [-0.1, -0.05) is 11.6 Å². The van der Waals surface area contributed by atoms with Crippen molar-refractivity contribution < 1.29 is 4.74 Å². The molecule has 0 fully saturated rings. The van der Waals surface area contributed by atoms with Crippen LogP contribution in [-0.2, 0) is 0 Å². The second-order valence-electron chi connectivity index (χ2n) is 3.62. The van der Waals surface area contributed by atoms with Gasteiger partial charge in [-0.05, 0) is 19.1 Å². The van der Waals surface area contributed by atoms with Gasteiger partial charge in [-0.2, -0.15) is 0 Å². The van der Waals surface area contributed by atoms with Crippen molar-refractivity contribution >= 4 is 28.6 Å². The minimum absolute atomic E-state index is 0.173. The highest BCUT2D eigenvalue weighted by Crippen LogP contribution is 2.30. The predicted octanol–water partition coefficient (Wildman–Crippen LogP) is 3.98. The first-order valence-corrected chi connectivity index (χ1v) is 6.45. The third-order valence-corrected chi connectivity index (χ3v) is 3.71. The molecule has 0 aliphatic carbocycles. The summed E-state index contributed by atoms with van der Waals surface area (Å²) in [4.78, 5) is 5.23. The summed E-state index contributed by atoms with van der Waals surface area (Å²) in [6.45, 7) is 2.07. The van der Waals surface area contributed by atoms with Crippen molar-refractivity contribution in [1.29, 1.82) is 0 Å². The van der Waals surface area contributed by atoms with Crippen LogP contribution in [0.4, 0.5) is 5.69 Å². The maximum atomic E-state index is 6.13. The van der Waals surface area contributed by atoms with E-state index < -0.39 is 0 Å². The van der Waals surface area contributed by atoms with Crippen molar-refractivity contribution in [2.24, 2.45) is 0 Å². The lowest BCUT2D eigenvalue weighted by Gasteiger charge is -2.15. The van der Waals surface area contributed by atoms with Crippen molar-refractivity contribution in [3.05, 3.63) is 39.8 Å². The molecule has 1 aromatic carbocycles. The van der Waals surface area contributed by atoms with Crippen LogP contribution in [0.2, 0.25) is 5.02 Å². The first-order valence-electron chi connectivity index (χ1n) is 5.19. The molecule has 2 aromatic rings. The summed E-state index contributed by atoms with van der Waals surface area (Å²) < 4.78 is 5.17. The third-order valence-electron chi connectivity index (χ3n) is 2.42. The number of nitrogens with one attached hydrogen (secondary N) is 1. The SMILES string of the molecule is COc1ccc(Cl)c(NC(C)c2cncs2)c1. The molecule has 3 nitrogen and oxygen atoms in total. The van der Waals surface area contributed by atoms with Crippen LogP contribution in [0.15, 0.2) is 29.9 Å². The van der Waals surface area contributed by atoms with E-state index in [2.05, 4.69) is 17.2 Å². The van der Waals surface area contributed by atoms with Gasteiger partial charge in [0.15, 0.2) is 0 Å². The molecule has 2 rings (SSSR count). The lowest BCUT2D eigenvalue weighted by atomic mass is 10.2. The fourth-order valence-electron chi connectivity index (χ4n) is 1.49. The largest absolute Gasteiger partial charge is 0.497 e. The zero-order valence-corrected chi connectivity index (χ0v) is 11.2. The van der Waals surface area contributed by atoms with Crippen LogP contribution in [0.3, 0.4) is 0 Å². The minimum Gasteiger partial charge on any atom is -0.497 e. The quantitative estimate of drug-likeness (QED) is 0.911. The van der Waals surface area contributed by atoms with Crippen molar-refractivity contribution in [2.45, 2.75) is 13.0 Å². The Morgan fingerprint density at radius 2 is 2.29 bits per heavy atom. The summed E-state index contributed by atoms with van der Waals surface area (Å²) in [6, 6.07) is 5.72. The number of rotatable bonds is 4. The van der Waals surface area contributed by atoms with E-state index in [1.165, 1.54) is 4.88 Å². The van der Waals surface area contributed by atoms with E-state index in [0.29, 0.717) is 5.02 Å². The van der Waals surface area contributed by atoms with Gasteiger partial charge in [0.1, 0.15) is 5.75 Å². The van der Waals surface area contributed by atoms with E-state index in [-0.39, 0.29) is 6.04 Å². The van der Waals surface area contributed by atoms with E-state index in [0.717, 1.165) is 11.4 Å². The van der Waals surface area contributed by atoms with Crippen LogP contribution < -0.4 is 10.1 Å². The highest BCUT2D eigenvalue weighted by atomic mass is 35.5. The number of methoxy groups -OCH3 is 1. The number of ether oxygens (including phenoxy) is 1. The molecule has 0 radical (unpaired) electrons.